The number of nitrogens with zero attached hydrogens (tertiary/aromatic N) is 1. The van der Waals surface area contributed by atoms with Gasteiger partial charge in [-0.3, -0.25) is 9.59 Å². The quantitative estimate of drug-likeness (QED) is 0.696. The first-order chi connectivity index (χ1) is 14.4. The number of likely N-dealkylation sites (tertiary alicyclic amines) is 1. The van der Waals surface area contributed by atoms with Crippen molar-refractivity contribution in [2.75, 3.05) is 6.54 Å². The summed E-state index contributed by atoms with van der Waals surface area (Å²) in [6.45, 7) is -0.438. The largest absolute Gasteiger partial charge is 0.416 e. The van der Waals surface area contributed by atoms with Crippen LogP contribution in [0.4, 0.5) is 26.3 Å². The highest BCUT2D eigenvalue weighted by Crippen LogP contribution is 2.44. The van der Waals surface area contributed by atoms with Gasteiger partial charge in [0.05, 0.1) is 17.0 Å². The highest BCUT2D eigenvalue weighted by atomic mass is 19.4. The molecule has 2 saturated carbocycles. The van der Waals surface area contributed by atoms with Crippen LogP contribution in [0.5, 0.6) is 0 Å². The zero-order valence-corrected chi connectivity index (χ0v) is 16.5. The number of fused-ring (bicyclic) bond motifs is 2. The van der Waals surface area contributed by atoms with Crippen LogP contribution in [0.25, 0.3) is 0 Å². The maximum Gasteiger partial charge on any atom is 0.416 e. The minimum absolute atomic E-state index is 0.0247. The molecule has 4 rings (SSSR count). The van der Waals surface area contributed by atoms with Crippen LogP contribution in [-0.2, 0) is 28.5 Å². The molecule has 2 bridgehead atoms. The van der Waals surface area contributed by atoms with Crippen molar-refractivity contribution in [3.05, 3.63) is 34.9 Å². The second kappa shape index (κ2) is 7.70. The number of rotatable bonds is 4. The molecule has 4 unspecified atom stereocenters. The average molecular weight is 448 g/mol. The third-order valence-electron chi connectivity index (χ3n) is 6.67. The lowest BCUT2D eigenvalue weighted by atomic mass is 9.94. The van der Waals surface area contributed by atoms with Gasteiger partial charge in [-0.15, -0.1) is 0 Å². The molecule has 4 atom stereocenters. The number of benzene rings is 1. The van der Waals surface area contributed by atoms with Crippen LogP contribution in [0.3, 0.4) is 0 Å². The lowest BCUT2D eigenvalue weighted by Gasteiger charge is -2.24. The zero-order valence-electron chi connectivity index (χ0n) is 16.5. The SMILES string of the molecule is O=C(NC1CC2CCC1C2)C1CC(=O)N(Cc2cc(C(F)(F)F)cc(C(F)(F)F)c2)C1. The zero-order chi connectivity index (χ0) is 22.6. The molecule has 4 nitrogen and oxygen atoms in total. The Morgan fingerprint density at radius 1 is 1.00 bits per heavy atom. The molecule has 0 aromatic heterocycles. The third kappa shape index (κ3) is 4.67. The van der Waals surface area contributed by atoms with Gasteiger partial charge in [0.1, 0.15) is 0 Å². The monoisotopic (exact) mass is 448 g/mol. The Morgan fingerprint density at radius 2 is 1.65 bits per heavy atom. The first-order valence-corrected chi connectivity index (χ1v) is 10.3. The van der Waals surface area contributed by atoms with Crippen LogP contribution in [0.2, 0.25) is 0 Å². The fraction of sp³-hybridized carbons (Fsp3) is 0.619. The molecule has 1 saturated heterocycles. The Kier molecular flexibility index (Phi) is 5.46. The molecule has 10 heteroatoms. The molecule has 170 valence electrons. The van der Waals surface area contributed by atoms with Crippen molar-refractivity contribution in [1.29, 1.82) is 0 Å². The number of nitrogens with one attached hydrogen (secondary N) is 1. The Labute approximate surface area is 175 Å². The normalized spacial score (nSPS) is 28.5. The van der Waals surface area contributed by atoms with Crippen molar-refractivity contribution >= 4 is 11.8 Å². The van der Waals surface area contributed by atoms with Crippen LogP contribution >= 0.6 is 0 Å². The smallest absolute Gasteiger partial charge is 0.353 e. The summed E-state index contributed by atoms with van der Waals surface area (Å²) >= 11 is 0. The molecule has 0 spiro atoms. The number of halogens is 6. The maximum atomic E-state index is 13.1. The Hall–Kier alpha value is -2.26. The van der Waals surface area contributed by atoms with E-state index in [-0.39, 0.29) is 36.5 Å². The van der Waals surface area contributed by atoms with Crippen molar-refractivity contribution in [1.82, 2.24) is 10.2 Å². The number of amides is 2. The van der Waals surface area contributed by atoms with E-state index in [1.54, 1.807) is 0 Å². The summed E-state index contributed by atoms with van der Waals surface area (Å²) in [7, 11) is 0. The lowest BCUT2D eigenvalue weighted by Crippen LogP contribution is -2.42. The number of carbonyl (C=O) groups is 2. The van der Waals surface area contributed by atoms with Crippen LogP contribution in [0.15, 0.2) is 18.2 Å². The van der Waals surface area contributed by atoms with Gasteiger partial charge >= 0.3 is 12.4 Å². The molecule has 1 aromatic carbocycles. The number of carbonyl (C=O) groups excluding carboxylic acids is 2. The van der Waals surface area contributed by atoms with Gasteiger partial charge in [0.2, 0.25) is 11.8 Å². The molecule has 1 aliphatic heterocycles. The van der Waals surface area contributed by atoms with E-state index in [9.17, 15) is 35.9 Å². The van der Waals surface area contributed by atoms with E-state index in [1.165, 1.54) is 6.42 Å². The predicted octanol–water partition coefficient (Wildman–Crippen LogP) is 4.38. The predicted molar refractivity (Wildman–Crippen MR) is 97.3 cm³/mol. The molecule has 1 N–H and O–H groups in total. The Bertz CT molecular complexity index is 849. The number of hydrogen-bond donors (Lipinski definition) is 1. The molecule has 0 radical (unpaired) electrons. The summed E-state index contributed by atoms with van der Waals surface area (Å²) in [4.78, 5) is 26.1. The Balaban J connectivity index is 1.44. The van der Waals surface area contributed by atoms with Crippen LogP contribution in [0, 0.1) is 17.8 Å². The van der Waals surface area contributed by atoms with Gasteiger partial charge in [-0.2, -0.15) is 26.3 Å². The van der Waals surface area contributed by atoms with E-state index in [0.29, 0.717) is 24.0 Å². The van der Waals surface area contributed by atoms with Gasteiger partial charge in [0, 0.05) is 25.6 Å². The number of hydrogen-bond acceptors (Lipinski definition) is 2. The van der Waals surface area contributed by atoms with Crippen LogP contribution in [-0.4, -0.2) is 29.3 Å². The summed E-state index contributed by atoms with van der Waals surface area (Å²) in [6, 6.07) is 1.38. The van der Waals surface area contributed by atoms with Gasteiger partial charge in [-0.05, 0) is 54.9 Å². The first-order valence-electron chi connectivity index (χ1n) is 10.3. The van der Waals surface area contributed by atoms with Crippen LogP contribution < -0.4 is 5.32 Å². The molecular formula is C21H22F6N2O2. The van der Waals surface area contributed by atoms with Crippen molar-refractivity contribution in [3.8, 4) is 0 Å². The van der Waals surface area contributed by atoms with E-state index in [1.807, 2.05) is 0 Å². The van der Waals surface area contributed by atoms with Gasteiger partial charge in [0.25, 0.3) is 0 Å². The fourth-order valence-electron chi connectivity index (χ4n) is 5.15. The van der Waals surface area contributed by atoms with E-state index in [0.717, 1.165) is 24.2 Å². The van der Waals surface area contributed by atoms with E-state index in [4.69, 9.17) is 0 Å². The molecule has 1 heterocycles. The highest BCUT2D eigenvalue weighted by molar-refractivity contribution is 5.89. The second-order valence-corrected chi connectivity index (χ2v) is 8.88. The summed E-state index contributed by atoms with van der Waals surface area (Å²) in [5.41, 5.74) is -3.12. The minimum Gasteiger partial charge on any atom is -0.353 e. The fourth-order valence-corrected chi connectivity index (χ4v) is 5.15. The molecular weight excluding hydrogens is 426 g/mol. The van der Waals surface area contributed by atoms with Gasteiger partial charge in [0.15, 0.2) is 0 Å². The highest BCUT2D eigenvalue weighted by Gasteiger charge is 2.42. The molecule has 3 fully saturated rings. The maximum absolute atomic E-state index is 13.1. The van der Waals surface area contributed by atoms with Gasteiger partial charge < -0.3 is 10.2 Å². The minimum atomic E-state index is -4.95. The van der Waals surface area contributed by atoms with Crippen molar-refractivity contribution < 1.29 is 35.9 Å². The van der Waals surface area contributed by atoms with Gasteiger partial charge in [-0.25, -0.2) is 0 Å². The third-order valence-corrected chi connectivity index (χ3v) is 6.67. The Morgan fingerprint density at radius 3 is 2.16 bits per heavy atom. The van der Waals surface area contributed by atoms with Crippen LogP contribution in [0.1, 0.15) is 48.8 Å². The van der Waals surface area contributed by atoms with Crippen molar-refractivity contribution in [2.24, 2.45) is 17.8 Å². The van der Waals surface area contributed by atoms with Crippen molar-refractivity contribution in [3.63, 3.8) is 0 Å². The molecule has 2 amide bonds. The second-order valence-electron chi connectivity index (χ2n) is 8.88. The lowest BCUT2D eigenvalue weighted by molar-refractivity contribution is -0.143. The summed E-state index contributed by atoms with van der Waals surface area (Å²) in [5, 5.41) is 3.00. The molecule has 2 aliphatic carbocycles. The summed E-state index contributed by atoms with van der Waals surface area (Å²) in [5.74, 6) is -0.305. The molecule has 3 aliphatic rings. The topological polar surface area (TPSA) is 49.4 Å². The number of alkyl halides is 6. The first kappa shape index (κ1) is 22.0. The standard InChI is InChI=1S/C21H22F6N2O2/c22-20(23,24)15-4-12(5-16(8-15)21(25,26)27)9-29-10-14(7-18(29)30)19(31)28-17-6-11-1-2-13(17)3-11/h4-5,8,11,13-14,17H,1-3,6-7,9-10H2,(H,28,31). The summed E-state index contributed by atoms with van der Waals surface area (Å²) in [6.07, 6.45) is -5.74. The van der Waals surface area contributed by atoms with Crippen molar-refractivity contribution in [2.45, 2.75) is 57.0 Å². The van der Waals surface area contributed by atoms with E-state index >= 15 is 0 Å². The van der Waals surface area contributed by atoms with Gasteiger partial charge in [-0.1, -0.05) is 6.42 Å². The molecule has 31 heavy (non-hydrogen) atoms. The molecule has 1 aromatic rings. The summed E-state index contributed by atoms with van der Waals surface area (Å²) < 4.78 is 78.3. The average Bonchev–Trinajstić information content (AvgIpc) is 3.36. The van der Waals surface area contributed by atoms with E-state index < -0.39 is 41.8 Å². The van der Waals surface area contributed by atoms with E-state index in [2.05, 4.69) is 5.32 Å².